The monoisotopic (exact) mass is 658 g/mol. The Morgan fingerprint density at radius 1 is 0.955 bits per heavy atom. The number of carboxylic acids is 3. The molecule has 0 saturated heterocycles. The molecule has 2 aromatic heterocycles. The number of pyridine rings is 1. The molecule has 3 heterocycles. The quantitative estimate of drug-likeness (QED) is 0.386. The maximum atomic E-state index is 10.6. The third-order valence-corrected chi connectivity index (χ3v) is 5.11. The van der Waals surface area contributed by atoms with E-state index in [0.29, 0.717) is 19.1 Å². The molecule has 0 aliphatic carbocycles. The minimum Gasteiger partial charge on any atom is -0.481 e. The summed E-state index contributed by atoms with van der Waals surface area (Å²) in [6, 6.07) is 4.23. The molecule has 21 heteroatoms. The molecule has 3 rings (SSSR count). The van der Waals surface area contributed by atoms with Crippen molar-refractivity contribution in [1.82, 2.24) is 19.7 Å². The largest absolute Gasteiger partial charge is 0.490 e. The molecule has 44 heavy (non-hydrogen) atoms. The summed E-state index contributed by atoms with van der Waals surface area (Å²) in [5, 5.41) is 25.8. The van der Waals surface area contributed by atoms with Crippen LogP contribution in [0.4, 0.5) is 39.5 Å². The zero-order chi connectivity index (χ0) is 34.5. The van der Waals surface area contributed by atoms with Crippen LogP contribution in [0.15, 0.2) is 24.5 Å². The third-order valence-electron chi connectivity index (χ3n) is 5.11. The van der Waals surface area contributed by atoms with E-state index in [9.17, 15) is 39.5 Å². The van der Waals surface area contributed by atoms with E-state index in [4.69, 9.17) is 39.2 Å². The number of ether oxygens (including phenoxy) is 2. The van der Waals surface area contributed by atoms with E-state index < -0.39 is 36.4 Å². The van der Waals surface area contributed by atoms with Gasteiger partial charge in [0.25, 0.3) is 0 Å². The van der Waals surface area contributed by atoms with Gasteiger partial charge in [0.2, 0.25) is 5.88 Å². The van der Waals surface area contributed by atoms with Crippen molar-refractivity contribution in [3.8, 4) is 5.88 Å². The first-order chi connectivity index (χ1) is 20.1. The summed E-state index contributed by atoms with van der Waals surface area (Å²) < 4.78 is 108. The van der Waals surface area contributed by atoms with E-state index in [1.807, 2.05) is 30.9 Å². The Kier molecular flexibility index (Phi) is 15.6. The molecule has 0 aromatic carbocycles. The van der Waals surface area contributed by atoms with Crippen LogP contribution in [0.3, 0.4) is 0 Å². The summed E-state index contributed by atoms with van der Waals surface area (Å²) in [6.07, 6.45) is -10.5. The van der Waals surface area contributed by atoms with Crippen LogP contribution < -0.4 is 4.74 Å². The van der Waals surface area contributed by atoms with E-state index in [2.05, 4.69) is 21.0 Å². The molecule has 0 fully saturated rings. The highest BCUT2D eigenvalue weighted by Crippen LogP contribution is 2.32. The van der Waals surface area contributed by atoms with Gasteiger partial charge < -0.3 is 24.8 Å². The van der Waals surface area contributed by atoms with E-state index in [-0.39, 0.29) is 6.04 Å². The number of aliphatic carboxylic acids is 3. The molecular weight excluding hydrogens is 631 g/mol. The van der Waals surface area contributed by atoms with Crippen molar-refractivity contribution in [3.05, 3.63) is 41.3 Å². The van der Waals surface area contributed by atoms with Crippen LogP contribution in [0.5, 0.6) is 5.88 Å². The molecule has 1 unspecified atom stereocenters. The highest BCUT2D eigenvalue weighted by Gasteiger charge is 2.39. The van der Waals surface area contributed by atoms with E-state index in [1.54, 1.807) is 13.3 Å². The third kappa shape index (κ3) is 13.9. The number of aromatic nitrogens is 3. The number of carboxylic acid groups (broad SMARTS) is 3. The van der Waals surface area contributed by atoms with Gasteiger partial charge in [-0.25, -0.2) is 19.4 Å². The molecule has 0 saturated carbocycles. The molecule has 2 aromatic rings. The van der Waals surface area contributed by atoms with Gasteiger partial charge in [0.05, 0.1) is 31.6 Å². The smallest absolute Gasteiger partial charge is 0.481 e. The Hall–Kier alpha value is -4.14. The van der Waals surface area contributed by atoms with Gasteiger partial charge >= 0.3 is 36.4 Å². The summed E-state index contributed by atoms with van der Waals surface area (Å²) >= 11 is 0. The molecule has 12 nitrogen and oxygen atoms in total. The van der Waals surface area contributed by atoms with Gasteiger partial charge in [-0.05, 0) is 25.0 Å². The Labute approximate surface area is 242 Å². The van der Waals surface area contributed by atoms with Crippen LogP contribution in [0.1, 0.15) is 29.8 Å². The Balaban J connectivity index is 0.000000721. The lowest BCUT2D eigenvalue weighted by Crippen LogP contribution is -2.38. The average molecular weight is 658 g/mol. The van der Waals surface area contributed by atoms with Gasteiger partial charge in [-0.2, -0.15) is 44.6 Å². The molecule has 1 aliphatic rings. The van der Waals surface area contributed by atoms with E-state index in [1.165, 1.54) is 11.3 Å². The van der Waals surface area contributed by atoms with Crippen LogP contribution in [0.25, 0.3) is 0 Å². The lowest BCUT2D eigenvalue weighted by molar-refractivity contribution is -0.193. The summed E-state index contributed by atoms with van der Waals surface area (Å²) in [7, 11) is 3.67. The Bertz CT molecular complexity index is 1160. The van der Waals surface area contributed by atoms with Crippen molar-refractivity contribution in [1.29, 1.82) is 0 Å². The standard InChI is InChI=1S/C17H24N4O2.3C2HF3O2/c1-4-23-12-15-16-13(10-19-20(16)2)7-9-21(15)11-14-6-5-8-18-17(14)22-3;3*3-2(4,5)1(6)7/h5-6,8,10,15H,4,7,9,11-12H2,1-3H3;3*(H,6,7). The second-order valence-electron chi connectivity index (χ2n) is 8.15. The maximum absolute atomic E-state index is 10.6. The number of hydrogen-bond acceptors (Lipinski definition) is 8. The first-order valence-electron chi connectivity index (χ1n) is 11.8. The number of methoxy groups -OCH3 is 1. The van der Waals surface area contributed by atoms with E-state index in [0.717, 1.165) is 25.1 Å². The fraction of sp³-hybridized carbons (Fsp3) is 0.522. The van der Waals surface area contributed by atoms with Gasteiger partial charge in [-0.1, -0.05) is 6.07 Å². The van der Waals surface area contributed by atoms with Crippen molar-refractivity contribution in [2.75, 3.05) is 26.9 Å². The summed E-state index contributed by atoms with van der Waals surface area (Å²) in [5.74, 6) is -7.58. The number of fused-ring (bicyclic) bond motifs is 1. The molecular formula is C23H27F9N4O8. The van der Waals surface area contributed by atoms with Crippen molar-refractivity contribution in [3.63, 3.8) is 0 Å². The fourth-order valence-electron chi connectivity index (χ4n) is 3.26. The number of alkyl halides is 9. The summed E-state index contributed by atoms with van der Waals surface area (Å²) in [5.41, 5.74) is 3.68. The summed E-state index contributed by atoms with van der Waals surface area (Å²) in [6.45, 7) is 5.19. The Morgan fingerprint density at radius 2 is 1.43 bits per heavy atom. The molecule has 1 atom stereocenters. The van der Waals surface area contributed by atoms with Gasteiger partial charge in [-0.3, -0.25) is 9.58 Å². The molecule has 250 valence electrons. The van der Waals surface area contributed by atoms with Crippen molar-refractivity contribution in [2.24, 2.45) is 7.05 Å². The topological polar surface area (TPSA) is 164 Å². The van der Waals surface area contributed by atoms with Gasteiger partial charge in [0.1, 0.15) is 0 Å². The van der Waals surface area contributed by atoms with Gasteiger partial charge in [-0.15, -0.1) is 0 Å². The van der Waals surface area contributed by atoms with Gasteiger partial charge in [0.15, 0.2) is 0 Å². The second kappa shape index (κ2) is 17.2. The minimum atomic E-state index is -5.08. The molecule has 0 spiro atoms. The normalized spacial score (nSPS) is 14.8. The zero-order valence-electron chi connectivity index (χ0n) is 23.0. The number of nitrogens with zero attached hydrogens (tertiary/aromatic N) is 4. The van der Waals surface area contributed by atoms with Crippen LogP contribution in [0.2, 0.25) is 0 Å². The predicted octanol–water partition coefficient (Wildman–Crippen LogP) is 3.86. The second-order valence-corrected chi connectivity index (χ2v) is 8.15. The number of carbonyl (C=O) groups is 3. The highest BCUT2D eigenvalue weighted by molar-refractivity contribution is 5.73. The number of hydrogen-bond donors (Lipinski definition) is 3. The van der Waals surface area contributed by atoms with Crippen molar-refractivity contribution in [2.45, 2.75) is 44.5 Å². The fourth-order valence-corrected chi connectivity index (χ4v) is 3.26. The first-order valence-corrected chi connectivity index (χ1v) is 11.8. The number of aryl methyl sites for hydroxylation is 1. The molecule has 0 radical (unpaired) electrons. The van der Waals surface area contributed by atoms with Crippen molar-refractivity contribution < 1.29 is 78.7 Å². The van der Waals surface area contributed by atoms with Crippen LogP contribution >= 0.6 is 0 Å². The Morgan fingerprint density at radius 3 is 1.84 bits per heavy atom. The van der Waals surface area contributed by atoms with Gasteiger partial charge in [0, 0.05) is 38.5 Å². The molecule has 0 bridgehead atoms. The highest BCUT2D eigenvalue weighted by atomic mass is 19.4. The lowest BCUT2D eigenvalue weighted by atomic mass is 9.99. The average Bonchev–Trinajstić information content (AvgIpc) is 3.28. The first kappa shape index (κ1) is 39.9. The molecule has 3 N–H and O–H groups in total. The molecule has 0 amide bonds. The predicted molar refractivity (Wildman–Crippen MR) is 128 cm³/mol. The van der Waals surface area contributed by atoms with Crippen molar-refractivity contribution >= 4 is 17.9 Å². The SMILES string of the molecule is CCOCC1c2c(cnn2C)CCN1Cc1cccnc1OC.O=C(O)C(F)(F)F.O=C(O)C(F)(F)F.O=C(O)C(F)(F)F. The number of halogens is 9. The number of rotatable bonds is 6. The summed E-state index contributed by atoms with van der Waals surface area (Å²) in [4.78, 5) is 33.4. The van der Waals surface area contributed by atoms with E-state index >= 15 is 0 Å². The molecule has 1 aliphatic heterocycles. The maximum Gasteiger partial charge on any atom is 0.490 e. The zero-order valence-corrected chi connectivity index (χ0v) is 23.0. The minimum absolute atomic E-state index is 0.205. The van der Waals surface area contributed by atoms with Crippen LogP contribution in [-0.2, 0) is 39.1 Å². The van der Waals surface area contributed by atoms with Crippen LogP contribution in [0, 0.1) is 0 Å². The van der Waals surface area contributed by atoms with Crippen LogP contribution in [-0.4, -0.2) is 98.3 Å². The lowest BCUT2D eigenvalue weighted by Gasteiger charge is -2.36.